The SMILES string of the molecule is Cc1ccccc1CCNC(=O)C(C)N1CCC(N(C)CC(=O)O)CC1.Cl. The maximum absolute atomic E-state index is 12.4. The van der Waals surface area contributed by atoms with Crippen LogP contribution in [0.3, 0.4) is 0 Å². The summed E-state index contributed by atoms with van der Waals surface area (Å²) in [6.07, 6.45) is 2.63. The monoisotopic (exact) mass is 397 g/mol. The third kappa shape index (κ3) is 7.13. The van der Waals surface area contributed by atoms with Crippen LogP contribution in [-0.2, 0) is 16.0 Å². The number of rotatable bonds is 8. The van der Waals surface area contributed by atoms with E-state index in [0.717, 1.165) is 32.4 Å². The summed E-state index contributed by atoms with van der Waals surface area (Å²) in [4.78, 5) is 27.4. The van der Waals surface area contributed by atoms with Crippen molar-refractivity contribution in [3.8, 4) is 0 Å². The number of carbonyl (C=O) groups is 2. The maximum Gasteiger partial charge on any atom is 0.317 e. The summed E-state index contributed by atoms with van der Waals surface area (Å²) in [5, 5.41) is 12.0. The van der Waals surface area contributed by atoms with Crippen LogP contribution >= 0.6 is 12.4 Å². The van der Waals surface area contributed by atoms with Gasteiger partial charge in [0.1, 0.15) is 0 Å². The summed E-state index contributed by atoms with van der Waals surface area (Å²) in [5.41, 5.74) is 2.52. The molecule has 1 aromatic carbocycles. The average molecular weight is 398 g/mol. The normalized spacial score (nSPS) is 16.6. The Kier molecular flexibility index (Phi) is 9.77. The number of hydrogen-bond acceptors (Lipinski definition) is 4. The van der Waals surface area contributed by atoms with E-state index in [2.05, 4.69) is 29.3 Å². The molecule has 1 saturated heterocycles. The lowest BCUT2D eigenvalue weighted by atomic mass is 10.0. The number of carboxylic acids is 1. The zero-order chi connectivity index (χ0) is 19.1. The Bertz CT molecular complexity index is 618. The predicted octanol–water partition coefficient (Wildman–Crippen LogP) is 1.94. The van der Waals surface area contributed by atoms with Crippen molar-refractivity contribution in [2.75, 3.05) is 33.2 Å². The van der Waals surface area contributed by atoms with Crippen LogP contribution in [0.4, 0.5) is 0 Å². The Morgan fingerprint density at radius 2 is 1.93 bits per heavy atom. The number of likely N-dealkylation sites (tertiary alicyclic amines) is 1. The Labute approximate surface area is 168 Å². The number of aryl methyl sites for hydroxylation is 1. The molecule has 1 unspecified atom stereocenters. The smallest absolute Gasteiger partial charge is 0.317 e. The van der Waals surface area contributed by atoms with Crippen molar-refractivity contribution in [3.63, 3.8) is 0 Å². The standard InChI is InChI=1S/C20H31N3O3.ClH/c1-15-6-4-5-7-17(15)8-11-21-20(26)16(2)23-12-9-18(10-13-23)22(3)14-19(24)25;/h4-7,16,18H,8-14H2,1-3H3,(H,21,26)(H,24,25);1H. The number of likely N-dealkylation sites (N-methyl/N-ethyl adjacent to an activating group) is 1. The lowest BCUT2D eigenvalue weighted by Crippen LogP contribution is -2.51. The first kappa shape index (κ1) is 23.4. The Morgan fingerprint density at radius 1 is 1.30 bits per heavy atom. The van der Waals surface area contributed by atoms with E-state index in [1.54, 1.807) is 0 Å². The number of nitrogens with one attached hydrogen (secondary N) is 1. The minimum Gasteiger partial charge on any atom is -0.480 e. The molecule has 0 spiro atoms. The van der Waals surface area contributed by atoms with Gasteiger partial charge in [-0.2, -0.15) is 0 Å². The molecular formula is C20H32ClN3O3. The van der Waals surface area contributed by atoms with Crippen LogP contribution in [0.1, 0.15) is 30.9 Å². The van der Waals surface area contributed by atoms with E-state index in [1.165, 1.54) is 11.1 Å². The predicted molar refractivity (Wildman–Crippen MR) is 109 cm³/mol. The quantitative estimate of drug-likeness (QED) is 0.701. The molecule has 0 aromatic heterocycles. The minimum absolute atomic E-state index is 0. The van der Waals surface area contributed by atoms with Gasteiger partial charge < -0.3 is 10.4 Å². The van der Waals surface area contributed by atoms with Gasteiger partial charge in [0.2, 0.25) is 5.91 Å². The molecule has 1 aliphatic rings. The lowest BCUT2D eigenvalue weighted by molar-refractivity contribution is -0.138. The molecular weight excluding hydrogens is 366 g/mol. The van der Waals surface area contributed by atoms with Crippen LogP contribution in [-0.4, -0.2) is 72.1 Å². The van der Waals surface area contributed by atoms with E-state index in [9.17, 15) is 9.59 Å². The highest BCUT2D eigenvalue weighted by atomic mass is 35.5. The van der Waals surface area contributed by atoms with Crippen molar-refractivity contribution in [3.05, 3.63) is 35.4 Å². The summed E-state index contributed by atoms with van der Waals surface area (Å²) < 4.78 is 0. The summed E-state index contributed by atoms with van der Waals surface area (Å²) in [6, 6.07) is 8.36. The van der Waals surface area contributed by atoms with Gasteiger partial charge in [-0.1, -0.05) is 24.3 Å². The molecule has 7 heteroatoms. The first-order chi connectivity index (χ1) is 12.4. The fourth-order valence-electron chi connectivity index (χ4n) is 3.58. The second-order valence-corrected chi connectivity index (χ2v) is 7.22. The number of carbonyl (C=O) groups excluding carboxylic acids is 1. The third-order valence-electron chi connectivity index (χ3n) is 5.39. The maximum atomic E-state index is 12.4. The molecule has 2 rings (SSSR count). The summed E-state index contributed by atoms with van der Waals surface area (Å²) >= 11 is 0. The largest absolute Gasteiger partial charge is 0.480 e. The molecule has 0 aliphatic carbocycles. The molecule has 152 valence electrons. The molecule has 2 N–H and O–H groups in total. The van der Waals surface area contributed by atoms with Gasteiger partial charge in [0.05, 0.1) is 12.6 Å². The fourth-order valence-corrected chi connectivity index (χ4v) is 3.58. The highest BCUT2D eigenvalue weighted by Crippen LogP contribution is 2.17. The molecule has 27 heavy (non-hydrogen) atoms. The first-order valence-corrected chi connectivity index (χ1v) is 9.36. The van der Waals surface area contributed by atoms with Gasteiger partial charge in [0, 0.05) is 25.7 Å². The molecule has 1 atom stereocenters. The first-order valence-electron chi connectivity index (χ1n) is 9.36. The number of hydrogen-bond donors (Lipinski definition) is 2. The van der Waals surface area contributed by atoms with E-state index < -0.39 is 5.97 Å². The Hall–Kier alpha value is -1.63. The van der Waals surface area contributed by atoms with Crippen LogP contribution in [0.25, 0.3) is 0 Å². The number of aliphatic carboxylic acids is 1. The topological polar surface area (TPSA) is 72.9 Å². The lowest BCUT2D eigenvalue weighted by Gasteiger charge is -2.38. The van der Waals surface area contributed by atoms with E-state index >= 15 is 0 Å². The molecule has 0 radical (unpaired) electrons. The van der Waals surface area contributed by atoms with E-state index in [0.29, 0.717) is 6.54 Å². The molecule has 1 amide bonds. The van der Waals surface area contributed by atoms with Crippen LogP contribution in [0.15, 0.2) is 24.3 Å². The fraction of sp³-hybridized carbons (Fsp3) is 0.600. The van der Waals surface area contributed by atoms with Crippen LogP contribution in [0, 0.1) is 6.92 Å². The van der Waals surface area contributed by atoms with Crippen molar-refractivity contribution in [1.29, 1.82) is 0 Å². The second kappa shape index (κ2) is 11.3. The molecule has 1 heterocycles. The number of benzene rings is 1. The minimum atomic E-state index is -0.795. The number of piperidine rings is 1. The Morgan fingerprint density at radius 3 is 2.52 bits per heavy atom. The zero-order valence-electron chi connectivity index (χ0n) is 16.5. The van der Waals surface area contributed by atoms with Gasteiger partial charge in [-0.05, 0) is 51.3 Å². The van der Waals surface area contributed by atoms with E-state index in [1.807, 2.05) is 31.0 Å². The molecule has 1 fully saturated rings. The van der Waals surface area contributed by atoms with Crippen LogP contribution < -0.4 is 5.32 Å². The summed E-state index contributed by atoms with van der Waals surface area (Å²) in [6.45, 7) is 6.39. The third-order valence-corrected chi connectivity index (χ3v) is 5.39. The van der Waals surface area contributed by atoms with Crippen molar-refractivity contribution in [2.24, 2.45) is 0 Å². The van der Waals surface area contributed by atoms with Crippen LogP contribution in [0.5, 0.6) is 0 Å². The average Bonchev–Trinajstić information content (AvgIpc) is 2.62. The van der Waals surface area contributed by atoms with Gasteiger partial charge in [-0.15, -0.1) is 12.4 Å². The van der Waals surface area contributed by atoms with E-state index in [4.69, 9.17) is 5.11 Å². The zero-order valence-corrected chi connectivity index (χ0v) is 17.3. The summed E-state index contributed by atoms with van der Waals surface area (Å²) in [7, 11) is 1.86. The van der Waals surface area contributed by atoms with Crippen LogP contribution in [0.2, 0.25) is 0 Å². The van der Waals surface area contributed by atoms with Crippen molar-refractivity contribution in [2.45, 2.75) is 45.2 Å². The highest BCUT2D eigenvalue weighted by molar-refractivity contribution is 5.85. The van der Waals surface area contributed by atoms with Gasteiger partial charge in [0.15, 0.2) is 0 Å². The van der Waals surface area contributed by atoms with Crippen molar-refractivity contribution >= 4 is 24.3 Å². The number of amides is 1. The molecule has 6 nitrogen and oxygen atoms in total. The van der Waals surface area contributed by atoms with Gasteiger partial charge in [-0.3, -0.25) is 19.4 Å². The molecule has 1 aromatic rings. The second-order valence-electron chi connectivity index (χ2n) is 7.22. The Balaban J connectivity index is 0.00000364. The van der Waals surface area contributed by atoms with Crippen molar-refractivity contribution < 1.29 is 14.7 Å². The van der Waals surface area contributed by atoms with E-state index in [-0.39, 0.29) is 36.9 Å². The molecule has 0 bridgehead atoms. The van der Waals surface area contributed by atoms with Gasteiger partial charge in [-0.25, -0.2) is 0 Å². The van der Waals surface area contributed by atoms with Gasteiger partial charge >= 0.3 is 5.97 Å². The van der Waals surface area contributed by atoms with Gasteiger partial charge in [0.25, 0.3) is 0 Å². The highest BCUT2D eigenvalue weighted by Gasteiger charge is 2.28. The van der Waals surface area contributed by atoms with Crippen molar-refractivity contribution in [1.82, 2.24) is 15.1 Å². The number of carboxylic acid groups (broad SMARTS) is 1. The number of nitrogens with zero attached hydrogens (tertiary/aromatic N) is 2. The molecule has 0 saturated carbocycles. The molecule has 1 aliphatic heterocycles. The summed E-state index contributed by atoms with van der Waals surface area (Å²) in [5.74, 6) is -0.729. The number of halogens is 1.